The molecule has 0 saturated heterocycles. The first kappa shape index (κ1) is 12.7. The molecule has 0 bridgehead atoms. The monoisotopic (exact) mass is 314 g/mol. The average Bonchev–Trinajstić information content (AvgIpc) is 2.85. The summed E-state index contributed by atoms with van der Waals surface area (Å²) in [6, 6.07) is 15.5. The van der Waals surface area contributed by atoms with Crippen LogP contribution in [0, 0.1) is 0 Å². The Morgan fingerprint density at radius 1 is 1.00 bits per heavy atom. The van der Waals surface area contributed by atoms with Crippen molar-refractivity contribution in [3.63, 3.8) is 0 Å². The molecule has 21 heavy (non-hydrogen) atoms. The molecule has 2 heterocycles. The zero-order valence-electron chi connectivity index (χ0n) is 10.9. The minimum atomic E-state index is -0.294. The predicted molar refractivity (Wildman–Crippen MR) is 87.1 cm³/mol. The van der Waals surface area contributed by atoms with Gasteiger partial charge in [0.15, 0.2) is 0 Å². The molecule has 5 heteroatoms. The Kier molecular flexibility index (Phi) is 2.87. The van der Waals surface area contributed by atoms with E-state index in [0.717, 1.165) is 20.7 Å². The van der Waals surface area contributed by atoms with Crippen LogP contribution < -0.4 is 10.6 Å². The minimum absolute atomic E-state index is 0.0807. The highest BCUT2D eigenvalue weighted by molar-refractivity contribution is 7.19. The Balaban J connectivity index is 1.80. The van der Waals surface area contributed by atoms with E-state index in [1.54, 1.807) is 17.4 Å². The maximum atomic E-state index is 12.2. The zero-order chi connectivity index (χ0) is 14.4. The van der Waals surface area contributed by atoms with Crippen molar-refractivity contribution >= 4 is 44.6 Å². The number of carbonyl (C=O) groups excluding carboxylic acids is 1. The Labute approximate surface area is 130 Å². The number of hydrogen-bond donors (Lipinski definition) is 2. The fraction of sp³-hybridized carbons (Fsp3) is 0.0625. The van der Waals surface area contributed by atoms with Gasteiger partial charge in [-0.3, -0.25) is 4.79 Å². The summed E-state index contributed by atoms with van der Waals surface area (Å²) in [5, 5.41) is 8.03. The molecular weight excluding hydrogens is 304 g/mol. The number of para-hydroxylation sites is 1. The van der Waals surface area contributed by atoms with Crippen LogP contribution in [0.1, 0.15) is 21.4 Å². The van der Waals surface area contributed by atoms with Crippen molar-refractivity contribution in [1.82, 2.24) is 5.32 Å². The number of anilines is 1. The van der Waals surface area contributed by atoms with Gasteiger partial charge in [-0.1, -0.05) is 41.9 Å². The van der Waals surface area contributed by atoms with Gasteiger partial charge in [-0.2, -0.15) is 0 Å². The molecule has 1 atom stereocenters. The Bertz CT molecular complexity index is 858. The molecule has 0 spiro atoms. The summed E-state index contributed by atoms with van der Waals surface area (Å²) in [5.74, 6) is -0.0807. The molecule has 3 aromatic rings. The summed E-state index contributed by atoms with van der Waals surface area (Å²) < 4.78 is 1.12. The largest absolute Gasteiger partial charge is 0.360 e. The third-order valence-electron chi connectivity index (χ3n) is 3.57. The highest BCUT2D eigenvalue weighted by atomic mass is 35.5. The molecule has 1 aliphatic heterocycles. The van der Waals surface area contributed by atoms with E-state index in [9.17, 15) is 4.79 Å². The van der Waals surface area contributed by atoms with Crippen LogP contribution >= 0.6 is 22.9 Å². The molecule has 104 valence electrons. The third-order valence-corrected chi connectivity index (χ3v) is 5.32. The fourth-order valence-electron chi connectivity index (χ4n) is 2.56. The van der Waals surface area contributed by atoms with Crippen LogP contribution in [0.2, 0.25) is 5.02 Å². The second kappa shape index (κ2) is 4.76. The van der Waals surface area contributed by atoms with Gasteiger partial charge in [-0.05, 0) is 18.2 Å². The number of halogens is 1. The molecule has 0 radical (unpaired) electrons. The number of rotatable bonds is 1. The normalized spacial score (nSPS) is 17.2. The Hall–Kier alpha value is -2.04. The van der Waals surface area contributed by atoms with Crippen molar-refractivity contribution in [2.24, 2.45) is 0 Å². The van der Waals surface area contributed by atoms with Crippen LogP contribution in [-0.4, -0.2) is 5.91 Å². The Morgan fingerprint density at radius 3 is 2.62 bits per heavy atom. The number of thiophene rings is 1. The van der Waals surface area contributed by atoms with Crippen LogP contribution in [0.4, 0.5) is 5.69 Å². The molecular formula is C16H11ClN2OS. The molecule has 3 nitrogen and oxygen atoms in total. The van der Waals surface area contributed by atoms with Crippen molar-refractivity contribution in [3.05, 3.63) is 64.0 Å². The number of benzene rings is 2. The SMILES string of the molecule is O=C1N[C@H](c2sc3ccccc3c2Cl)Nc2ccccc21. The lowest BCUT2D eigenvalue weighted by Crippen LogP contribution is -2.38. The van der Waals surface area contributed by atoms with Crippen molar-refractivity contribution in [2.45, 2.75) is 6.17 Å². The highest BCUT2D eigenvalue weighted by Gasteiger charge is 2.27. The first-order valence-corrected chi connectivity index (χ1v) is 7.77. The number of carbonyl (C=O) groups is 1. The third kappa shape index (κ3) is 1.99. The van der Waals surface area contributed by atoms with Gasteiger partial charge in [0.1, 0.15) is 6.17 Å². The van der Waals surface area contributed by atoms with Crippen molar-refractivity contribution in [1.29, 1.82) is 0 Å². The second-order valence-electron chi connectivity index (χ2n) is 4.87. The molecule has 1 aliphatic rings. The van der Waals surface area contributed by atoms with Crippen molar-refractivity contribution in [3.8, 4) is 0 Å². The lowest BCUT2D eigenvalue weighted by atomic mass is 10.1. The predicted octanol–water partition coefficient (Wildman–Crippen LogP) is 4.41. The van der Waals surface area contributed by atoms with Gasteiger partial charge < -0.3 is 10.6 Å². The molecule has 2 N–H and O–H groups in total. The zero-order valence-corrected chi connectivity index (χ0v) is 12.5. The lowest BCUT2D eigenvalue weighted by Gasteiger charge is -2.27. The van der Waals surface area contributed by atoms with Gasteiger partial charge in [0, 0.05) is 15.8 Å². The molecule has 0 aliphatic carbocycles. The number of amides is 1. The summed E-state index contributed by atoms with van der Waals surface area (Å²) in [6.07, 6.45) is -0.294. The van der Waals surface area contributed by atoms with E-state index >= 15 is 0 Å². The van der Waals surface area contributed by atoms with Gasteiger partial charge in [0.25, 0.3) is 5.91 Å². The first-order chi connectivity index (χ1) is 10.2. The summed E-state index contributed by atoms with van der Waals surface area (Å²) in [7, 11) is 0. The molecule has 2 aromatic carbocycles. The van der Waals surface area contributed by atoms with Gasteiger partial charge in [-0.25, -0.2) is 0 Å². The van der Waals surface area contributed by atoms with Crippen LogP contribution in [-0.2, 0) is 0 Å². The second-order valence-corrected chi connectivity index (χ2v) is 6.33. The van der Waals surface area contributed by atoms with E-state index < -0.39 is 0 Å². The van der Waals surface area contributed by atoms with Crippen LogP contribution in [0.15, 0.2) is 48.5 Å². The minimum Gasteiger partial charge on any atom is -0.360 e. The highest BCUT2D eigenvalue weighted by Crippen LogP contribution is 2.40. The number of fused-ring (bicyclic) bond motifs is 2. The number of nitrogens with one attached hydrogen (secondary N) is 2. The quantitative estimate of drug-likeness (QED) is 0.698. The summed E-state index contributed by atoms with van der Waals surface area (Å²) in [5.41, 5.74) is 1.49. The molecule has 0 fully saturated rings. The van der Waals surface area contributed by atoms with Gasteiger partial charge >= 0.3 is 0 Å². The standard InChI is InChI=1S/C16H11ClN2OS/c17-13-10-6-2-4-8-12(10)21-14(13)15-18-11-7-3-1-5-9(11)16(20)19-15/h1-8,15,18H,(H,19,20)/t15-/m1/s1. The molecule has 1 amide bonds. The van der Waals surface area contributed by atoms with Crippen LogP contribution in [0.3, 0.4) is 0 Å². The van der Waals surface area contributed by atoms with E-state index in [-0.39, 0.29) is 12.1 Å². The molecule has 4 rings (SSSR count). The van der Waals surface area contributed by atoms with Gasteiger partial charge in [-0.15, -0.1) is 11.3 Å². The smallest absolute Gasteiger partial charge is 0.255 e. The van der Waals surface area contributed by atoms with E-state index in [4.69, 9.17) is 11.6 Å². The Morgan fingerprint density at radius 2 is 1.76 bits per heavy atom. The van der Waals surface area contributed by atoms with E-state index in [0.29, 0.717) is 10.6 Å². The fourth-order valence-corrected chi connectivity index (χ4v) is 4.10. The maximum Gasteiger partial charge on any atom is 0.255 e. The van der Waals surface area contributed by atoms with E-state index in [2.05, 4.69) is 10.6 Å². The molecule has 1 aromatic heterocycles. The van der Waals surface area contributed by atoms with E-state index in [1.165, 1.54) is 0 Å². The summed E-state index contributed by atoms with van der Waals surface area (Å²) in [4.78, 5) is 13.1. The van der Waals surface area contributed by atoms with Gasteiger partial charge in [0.2, 0.25) is 0 Å². The van der Waals surface area contributed by atoms with Crippen LogP contribution in [0.25, 0.3) is 10.1 Å². The van der Waals surface area contributed by atoms with Crippen molar-refractivity contribution in [2.75, 3.05) is 5.32 Å². The summed E-state index contributed by atoms with van der Waals surface area (Å²) in [6.45, 7) is 0. The first-order valence-electron chi connectivity index (χ1n) is 6.57. The van der Waals surface area contributed by atoms with Gasteiger partial charge in [0.05, 0.1) is 15.5 Å². The maximum absolute atomic E-state index is 12.2. The lowest BCUT2D eigenvalue weighted by molar-refractivity contribution is 0.0936. The van der Waals surface area contributed by atoms with Crippen molar-refractivity contribution < 1.29 is 4.79 Å². The summed E-state index contributed by atoms with van der Waals surface area (Å²) >= 11 is 8.08. The average molecular weight is 315 g/mol. The molecule has 0 saturated carbocycles. The molecule has 0 unspecified atom stereocenters. The number of hydrogen-bond acceptors (Lipinski definition) is 3. The topological polar surface area (TPSA) is 41.1 Å². The van der Waals surface area contributed by atoms with Crippen LogP contribution in [0.5, 0.6) is 0 Å². The van der Waals surface area contributed by atoms with E-state index in [1.807, 2.05) is 42.5 Å².